The molecule has 3 atom stereocenters. The quantitative estimate of drug-likeness (QED) is 0.716. The monoisotopic (exact) mass is 477 g/mol. The van der Waals surface area contributed by atoms with Gasteiger partial charge in [-0.15, -0.1) is 0 Å². The lowest BCUT2D eigenvalue weighted by Crippen LogP contribution is -2.71. The standard InChI is InChI=1S/C23H29Cl2N5O2/c24-18-4-3-16(9-19(18)25)10-22(31)30-8-7-29(13-17-11-26-27-12-17)21-15-32-14-20(23(21)30)28-5-1-2-6-28/h3-4,9,11-12,20-21,23H,1-2,5-8,10,13-15H2,(H,26,27)/t20-,21+,23+/m0/s1. The third-order valence-electron chi connectivity index (χ3n) is 7.03. The average molecular weight is 478 g/mol. The molecule has 0 spiro atoms. The van der Waals surface area contributed by atoms with E-state index < -0.39 is 0 Å². The van der Waals surface area contributed by atoms with Gasteiger partial charge >= 0.3 is 0 Å². The van der Waals surface area contributed by atoms with Crippen LogP contribution in [0.5, 0.6) is 0 Å². The number of fused-ring (bicyclic) bond motifs is 1. The van der Waals surface area contributed by atoms with Gasteiger partial charge in [0.1, 0.15) is 0 Å². The third-order valence-corrected chi connectivity index (χ3v) is 7.77. The number of hydrogen-bond acceptors (Lipinski definition) is 5. The number of nitrogens with one attached hydrogen (secondary N) is 1. The van der Waals surface area contributed by atoms with Crippen LogP contribution in [0.25, 0.3) is 0 Å². The number of aromatic amines is 1. The Morgan fingerprint density at radius 2 is 1.88 bits per heavy atom. The molecule has 0 unspecified atom stereocenters. The van der Waals surface area contributed by atoms with Gasteiger partial charge in [0.25, 0.3) is 0 Å². The van der Waals surface area contributed by atoms with Crippen LogP contribution in [0.15, 0.2) is 30.6 Å². The van der Waals surface area contributed by atoms with Gasteiger partial charge in [0.05, 0.1) is 54.0 Å². The van der Waals surface area contributed by atoms with E-state index in [1.165, 1.54) is 12.8 Å². The van der Waals surface area contributed by atoms with Crippen molar-refractivity contribution in [3.05, 3.63) is 51.8 Å². The minimum Gasteiger partial charge on any atom is -0.378 e. The molecule has 3 fully saturated rings. The van der Waals surface area contributed by atoms with Crippen molar-refractivity contribution >= 4 is 29.1 Å². The number of rotatable bonds is 5. The molecule has 0 radical (unpaired) electrons. The molecule has 1 N–H and O–H groups in total. The number of benzene rings is 1. The summed E-state index contributed by atoms with van der Waals surface area (Å²) in [7, 11) is 0. The Bertz CT molecular complexity index is 934. The number of H-pyrrole nitrogens is 1. The highest BCUT2D eigenvalue weighted by Gasteiger charge is 2.47. The first kappa shape index (κ1) is 22.2. The Kier molecular flexibility index (Phi) is 6.71. The molecule has 2 aromatic rings. The molecule has 0 saturated carbocycles. The van der Waals surface area contributed by atoms with E-state index in [0.717, 1.165) is 37.3 Å². The largest absolute Gasteiger partial charge is 0.378 e. The molecule has 0 bridgehead atoms. The molecule has 9 heteroatoms. The predicted octanol–water partition coefficient (Wildman–Crippen LogP) is 2.84. The molecular weight excluding hydrogens is 449 g/mol. The molecule has 172 valence electrons. The van der Waals surface area contributed by atoms with Gasteiger partial charge in [0, 0.05) is 31.4 Å². The number of carbonyl (C=O) groups excluding carboxylic acids is 1. The van der Waals surface area contributed by atoms with Crippen LogP contribution in [-0.2, 0) is 22.5 Å². The number of aromatic nitrogens is 2. The highest BCUT2D eigenvalue weighted by atomic mass is 35.5. The Morgan fingerprint density at radius 1 is 1.06 bits per heavy atom. The molecular formula is C23H29Cl2N5O2. The van der Waals surface area contributed by atoms with Crippen molar-refractivity contribution in [1.82, 2.24) is 24.9 Å². The minimum absolute atomic E-state index is 0.109. The average Bonchev–Trinajstić information content (AvgIpc) is 3.50. The molecule has 0 aliphatic carbocycles. The maximum atomic E-state index is 13.6. The van der Waals surface area contributed by atoms with Gasteiger partial charge < -0.3 is 9.64 Å². The molecule has 7 nitrogen and oxygen atoms in total. The van der Waals surface area contributed by atoms with Gasteiger partial charge in [-0.2, -0.15) is 5.10 Å². The molecule has 3 saturated heterocycles. The van der Waals surface area contributed by atoms with Crippen LogP contribution in [0.2, 0.25) is 10.0 Å². The van der Waals surface area contributed by atoms with E-state index >= 15 is 0 Å². The SMILES string of the molecule is O=C(Cc1ccc(Cl)c(Cl)c1)N1CCN(Cc2cn[nH]c2)[C@@H]2COC[C@H](N3CCCC3)[C@H]21. The van der Waals surface area contributed by atoms with E-state index in [1.54, 1.807) is 12.1 Å². The van der Waals surface area contributed by atoms with E-state index in [-0.39, 0.29) is 24.0 Å². The summed E-state index contributed by atoms with van der Waals surface area (Å²) < 4.78 is 6.11. The summed E-state index contributed by atoms with van der Waals surface area (Å²) in [6.07, 6.45) is 6.57. The summed E-state index contributed by atoms with van der Waals surface area (Å²) in [4.78, 5) is 20.7. The number of likely N-dealkylation sites (tertiary alicyclic amines) is 1. The Labute approximate surface area is 198 Å². The van der Waals surface area contributed by atoms with Crippen molar-refractivity contribution in [3.63, 3.8) is 0 Å². The number of amides is 1. The van der Waals surface area contributed by atoms with Crippen LogP contribution in [-0.4, -0.2) is 88.3 Å². The van der Waals surface area contributed by atoms with Crippen molar-refractivity contribution in [2.75, 3.05) is 39.4 Å². The number of nitrogens with zero attached hydrogens (tertiary/aromatic N) is 4. The second-order valence-corrected chi connectivity index (χ2v) is 9.81. The second kappa shape index (κ2) is 9.69. The van der Waals surface area contributed by atoms with E-state index in [4.69, 9.17) is 27.9 Å². The van der Waals surface area contributed by atoms with Crippen LogP contribution in [0, 0.1) is 0 Å². The van der Waals surface area contributed by atoms with Gasteiger partial charge in [0.15, 0.2) is 0 Å². The van der Waals surface area contributed by atoms with E-state index in [1.807, 2.05) is 18.5 Å². The highest BCUT2D eigenvalue weighted by molar-refractivity contribution is 6.42. The number of hydrogen-bond donors (Lipinski definition) is 1. The summed E-state index contributed by atoms with van der Waals surface area (Å²) in [5, 5.41) is 8.00. The van der Waals surface area contributed by atoms with Crippen molar-refractivity contribution in [3.8, 4) is 0 Å². The molecule has 1 aromatic heterocycles. The van der Waals surface area contributed by atoms with Crippen molar-refractivity contribution in [2.24, 2.45) is 0 Å². The van der Waals surface area contributed by atoms with Crippen LogP contribution in [0.1, 0.15) is 24.0 Å². The van der Waals surface area contributed by atoms with Gasteiger partial charge in [-0.3, -0.25) is 19.7 Å². The number of carbonyl (C=O) groups is 1. The maximum Gasteiger partial charge on any atom is 0.227 e. The zero-order valence-corrected chi connectivity index (χ0v) is 19.6. The van der Waals surface area contributed by atoms with Crippen LogP contribution >= 0.6 is 23.2 Å². The highest BCUT2D eigenvalue weighted by Crippen LogP contribution is 2.31. The van der Waals surface area contributed by atoms with Crippen molar-refractivity contribution in [2.45, 2.75) is 43.9 Å². The zero-order valence-electron chi connectivity index (χ0n) is 18.1. The Balaban J connectivity index is 1.39. The fourth-order valence-electron chi connectivity index (χ4n) is 5.46. The molecule has 1 aromatic carbocycles. The number of piperazine rings is 1. The van der Waals surface area contributed by atoms with Crippen molar-refractivity contribution < 1.29 is 9.53 Å². The molecule has 1 amide bonds. The lowest BCUT2D eigenvalue weighted by Gasteiger charge is -2.54. The first-order chi connectivity index (χ1) is 15.6. The molecule has 32 heavy (non-hydrogen) atoms. The molecule has 3 aliphatic heterocycles. The second-order valence-electron chi connectivity index (χ2n) is 9.00. The van der Waals surface area contributed by atoms with Gasteiger partial charge in [-0.05, 0) is 43.6 Å². The molecule has 4 heterocycles. The van der Waals surface area contributed by atoms with Crippen molar-refractivity contribution in [1.29, 1.82) is 0 Å². The lowest BCUT2D eigenvalue weighted by molar-refractivity contribution is -0.153. The summed E-state index contributed by atoms with van der Waals surface area (Å²) in [6, 6.07) is 5.95. The lowest BCUT2D eigenvalue weighted by atomic mass is 9.90. The minimum atomic E-state index is 0.109. The fraction of sp³-hybridized carbons (Fsp3) is 0.565. The smallest absolute Gasteiger partial charge is 0.227 e. The van der Waals surface area contributed by atoms with Crippen LogP contribution in [0.4, 0.5) is 0 Å². The van der Waals surface area contributed by atoms with Crippen LogP contribution < -0.4 is 0 Å². The summed E-state index contributed by atoms with van der Waals surface area (Å²) in [5.41, 5.74) is 2.05. The molecule has 5 rings (SSSR count). The fourth-order valence-corrected chi connectivity index (χ4v) is 5.78. The summed E-state index contributed by atoms with van der Waals surface area (Å²) in [6.45, 7) is 5.81. The van der Waals surface area contributed by atoms with E-state index in [9.17, 15) is 4.79 Å². The van der Waals surface area contributed by atoms with E-state index in [0.29, 0.717) is 36.2 Å². The Hall–Kier alpha value is -1.64. The zero-order chi connectivity index (χ0) is 22.1. The predicted molar refractivity (Wildman–Crippen MR) is 124 cm³/mol. The number of halogens is 2. The number of ether oxygens (including phenoxy) is 1. The summed E-state index contributed by atoms with van der Waals surface area (Å²) in [5.74, 6) is 0.146. The summed E-state index contributed by atoms with van der Waals surface area (Å²) >= 11 is 12.3. The first-order valence-corrected chi connectivity index (χ1v) is 12.1. The topological polar surface area (TPSA) is 64.7 Å². The normalized spacial score (nSPS) is 26.9. The van der Waals surface area contributed by atoms with Crippen LogP contribution in [0.3, 0.4) is 0 Å². The maximum absolute atomic E-state index is 13.6. The third kappa shape index (κ3) is 4.54. The van der Waals surface area contributed by atoms with Gasteiger partial charge in [0.2, 0.25) is 5.91 Å². The van der Waals surface area contributed by atoms with Gasteiger partial charge in [-0.25, -0.2) is 0 Å². The Morgan fingerprint density at radius 3 is 2.62 bits per heavy atom. The van der Waals surface area contributed by atoms with E-state index in [2.05, 4.69) is 24.9 Å². The first-order valence-electron chi connectivity index (χ1n) is 11.4. The molecule has 3 aliphatic rings. The van der Waals surface area contributed by atoms with Gasteiger partial charge in [-0.1, -0.05) is 29.3 Å².